The Labute approximate surface area is 130 Å². The average molecular weight is 302 g/mol. The van der Waals surface area contributed by atoms with Crippen molar-refractivity contribution in [1.82, 2.24) is 4.90 Å². The van der Waals surface area contributed by atoms with Crippen LogP contribution in [-0.4, -0.2) is 48.1 Å². The van der Waals surface area contributed by atoms with Crippen LogP contribution in [0.2, 0.25) is 0 Å². The van der Waals surface area contributed by atoms with Crippen LogP contribution in [0, 0.1) is 6.92 Å². The second-order valence-electron chi connectivity index (χ2n) is 6.33. The number of carbonyl (C=O) groups is 2. The number of aryl methyl sites for hydroxylation is 1. The zero-order chi connectivity index (χ0) is 15.9. The van der Waals surface area contributed by atoms with Gasteiger partial charge in [-0.25, -0.2) is 4.90 Å². The molecule has 3 unspecified atom stereocenters. The van der Waals surface area contributed by atoms with Crippen LogP contribution in [0.5, 0.6) is 0 Å². The van der Waals surface area contributed by atoms with Crippen molar-refractivity contribution in [3.8, 4) is 0 Å². The van der Waals surface area contributed by atoms with Crippen LogP contribution < -0.4 is 4.90 Å². The topological polar surface area (TPSA) is 49.9 Å². The molecule has 1 aromatic carbocycles. The summed E-state index contributed by atoms with van der Waals surface area (Å²) in [4.78, 5) is 28.5. The lowest BCUT2D eigenvalue weighted by Gasteiger charge is -2.37. The van der Waals surface area contributed by atoms with Crippen LogP contribution in [0.1, 0.15) is 25.8 Å². The normalized spacial score (nSPS) is 30.1. The summed E-state index contributed by atoms with van der Waals surface area (Å²) < 4.78 is 5.71. The zero-order valence-electron chi connectivity index (χ0n) is 13.3. The first kappa shape index (κ1) is 15.2. The van der Waals surface area contributed by atoms with Gasteiger partial charge in [0.25, 0.3) is 5.91 Å². The summed E-state index contributed by atoms with van der Waals surface area (Å²) >= 11 is 0. The Kier molecular flexibility index (Phi) is 4.02. The number of ether oxygens (including phenoxy) is 1. The largest absolute Gasteiger partial charge is 0.373 e. The van der Waals surface area contributed by atoms with Gasteiger partial charge in [-0.3, -0.25) is 14.5 Å². The number of imide groups is 1. The summed E-state index contributed by atoms with van der Waals surface area (Å²) in [5.74, 6) is -0.235. The molecule has 0 spiro atoms. The van der Waals surface area contributed by atoms with Gasteiger partial charge in [0, 0.05) is 13.1 Å². The maximum atomic E-state index is 12.7. The second kappa shape index (κ2) is 5.82. The van der Waals surface area contributed by atoms with Crippen molar-refractivity contribution in [3.05, 3.63) is 29.8 Å². The van der Waals surface area contributed by atoms with Crippen molar-refractivity contribution in [2.45, 2.75) is 45.4 Å². The molecule has 2 saturated heterocycles. The van der Waals surface area contributed by atoms with E-state index in [4.69, 9.17) is 4.74 Å². The van der Waals surface area contributed by atoms with Gasteiger partial charge in [0.15, 0.2) is 0 Å². The third-order valence-corrected chi connectivity index (χ3v) is 4.30. The van der Waals surface area contributed by atoms with Gasteiger partial charge in [-0.1, -0.05) is 17.7 Å². The third kappa shape index (κ3) is 2.78. The molecule has 0 N–H and O–H groups in total. The minimum absolute atomic E-state index is 0.0834. The first-order chi connectivity index (χ1) is 10.5. The smallest absolute Gasteiger partial charge is 0.251 e. The molecule has 22 heavy (non-hydrogen) atoms. The highest BCUT2D eigenvalue weighted by Crippen LogP contribution is 2.27. The Bertz CT molecular complexity index is 574. The summed E-state index contributed by atoms with van der Waals surface area (Å²) in [5.41, 5.74) is 1.77. The van der Waals surface area contributed by atoms with Crippen LogP contribution in [0.15, 0.2) is 24.3 Å². The molecule has 2 amide bonds. The van der Waals surface area contributed by atoms with Crippen molar-refractivity contribution < 1.29 is 14.3 Å². The molecule has 118 valence electrons. The lowest BCUT2D eigenvalue weighted by molar-refractivity contribution is -0.127. The molecule has 0 aromatic heterocycles. The number of benzene rings is 1. The maximum Gasteiger partial charge on any atom is 0.251 e. The van der Waals surface area contributed by atoms with E-state index in [2.05, 4.69) is 4.90 Å². The fourth-order valence-electron chi connectivity index (χ4n) is 3.34. The quantitative estimate of drug-likeness (QED) is 0.781. The highest BCUT2D eigenvalue weighted by molar-refractivity contribution is 6.22. The van der Waals surface area contributed by atoms with Crippen LogP contribution in [-0.2, 0) is 14.3 Å². The molecule has 2 heterocycles. The molecule has 2 fully saturated rings. The molecule has 2 aliphatic rings. The lowest BCUT2D eigenvalue weighted by Crippen LogP contribution is -2.52. The number of morpholine rings is 1. The molecule has 0 aliphatic carbocycles. The summed E-state index contributed by atoms with van der Waals surface area (Å²) in [5, 5.41) is 0. The standard InChI is InChI=1S/C17H22N2O3/c1-11-4-6-14(7-5-11)19-16(20)8-15(17(19)21)18-9-12(2)22-13(3)10-18/h4-7,12-13,15H,8-10H2,1-3H3. The molecule has 2 aliphatic heterocycles. The number of rotatable bonds is 2. The van der Waals surface area contributed by atoms with Gasteiger partial charge in [-0.15, -0.1) is 0 Å². The Morgan fingerprint density at radius 3 is 2.23 bits per heavy atom. The highest BCUT2D eigenvalue weighted by atomic mass is 16.5. The predicted octanol–water partition coefficient (Wildman–Crippen LogP) is 1.74. The molecule has 0 bridgehead atoms. The molecule has 5 nitrogen and oxygen atoms in total. The first-order valence-electron chi connectivity index (χ1n) is 7.78. The van der Waals surface area contributed by atoms with E-state index in [9.17, 15) is 9.59 Å². The number of anilines is 1. The summed E-state index contributed by atoms with van der Waals surface area (Å²) in [6, 6.07) is 7.14. The van der Waals surface area contributed by atoms with E-state index < -0.39 is 0 Å². The lowest BCUT2D eigenvalue weighted by atomic mass is 10.1. The van der Waals surface area contributed by atoms with E-state index in [-0.39, 0.29) is 36.5 Å². The number of nitrogens with zero attached hydrogens (tertiary/aromatic N) is 2. The fraction of sp³-hybridized carbons (Fsp3) is 0.529. The van der Waals surface area contributed by atoms with Crippen molar-refractivity contribution in [2.75, 3.05) is 18.0 Å². The summed E-state index contributed by atoms with van der Waals surface area (Å²) in [7, 11) is 0. The van der Waals surface area contributed by atoms with Crippen molar-refractivity contribution in [3.63, 3.8) is 0 Å². The minimum atomic E-state index is -0.359. The third-order valence-electron chi connectivity index (χ3n) is 4.30. The van der Waals surface area contributed by atoms with Crippen LogP contribution in [0.3, 0.4) is 0 Å². The zero-order valence-corrected chi connectivity index (χ0v) is 13.3. The Balaban J connectivity index is 1.80. The van der Waals surface area contributed by atoms with E-state index in [0.29, 0.717) is 18.8 Å². The van der Waals surface area contributed by atoms with Gasteiger partial charge in [0.1, 0.15) is 0 Å². The minimum Gasteiger partial charge on any atom is -0.373 e. The molecule has 5 heteroatoms. The van der Waals surface area contributed by atoms with Gasteiger partial charge in [-0.2, -0.15) is 0 Å². The fourth-order valence-corrected chi connectivity index (χ4v) is 3.34. The maximum absolute atomic E-state index is 12.7. The highest BCUT2D eigenvalue weighted by Gasteiger charge is 2.44. The van der Waals surface area contributed by atoms with Gasteiger partial charge in [0.2, 0.25) is 5.91 Å². The molecule has 0 radical (unpaired) electrons. The summed E-state index contributed by atoms with van der Waals surface area (Å²) in [6.07, 6.45) is 0.423. The Hall–Kier alpha value is -1.72. The van der Waals surface area contributed by atoms with E-state index >= 15 is 0 Å². The van der Waals surface area contributed by atoms with E-state index in [1.807, 2.05) is 45.0 Å². The van der Waals surface area contributed by atoms with Crippen LogP contribution in [0.25, 0.3) is 0 Å². The van der Waals surface area contributed by atoms with Gasteiger partial charge in [0.05, 0.1) is 30.4 Å². The van der Waals surface area contributed by atoms with E-state index in [1.54, 1.807) is 0 Å². The number of hydrogen-bond acceptors (Lipinski definition) is 4. The monoisotopic (exact) mass is 302 g/mol. The Morgan fingerprint density at radius 2 is 1.64 bits per heavy atom. The van der Waals surface area contributed by atoms with Crippen molar-refractivity contribution in [2.24, 2.45) is 0 Å². The summed E-state index contributed by atoms with van der Waals surface area (Å²) in [6.45, 7) is 7.37. The SMILES string of the molecule is Cc1ccc(N2C(=O)CC(N3CC(C)OC(C)C3)C2=O)cc1. The van der Waals surface area contributed by atoms with E-state index in [1.165, 1.54) is 4.90 Å². The number of amides is 2. The van der Waals surface area contributed by atoms with Crippen molar-refractivity contribution in [1.29, 1.82) is 0 Å². The van der Waals surface area contributed by atoms with E-state index in [0.717, 1.165) is 5.56 Å². The van der Waals surface area contributed by atoms with Gasteiger partial charge < -0.3 is 4.74 Å². The molecular formula is C17H22N2O3. The van der Waals surface area contributed by atoms with Crippen LogP contribution in [0.4, 0.5) is 5.69 Å². The van der Waals surface area contributed by atoms with Crippen molar-refractivity contribution >= 4 is 17.5 Å². The van der Waals surface area contributed by atoms with Crippen LogP contribution >= 0.6 is 0 Å². The predicted molar refractivity (Wildman–Crippen MR) is 83.7 cm³/mol. The molecular weight excluding hydrogens is 280 g/mol. The number of carbonyl (C=O) groups excluding carboxylic acids is 2. The molecule has 3 rings (SSSR count). The van der Waals surface area contributed by atoms with Gasteiger partial charge >= 0.3 is 0 Å². The number of hydrogen-bond donors (Lipinski definition) is 0. The molecule has 3 atom stereocenters. The molecule has 0 saturated carbocycles. The molecule has 1 aromatic rings. The Morgan fingerprint density at radius 1 is 1.05 bits per heavy atom. The van der Waals surface area contributed by atoms with Gasteiger partial charge in [-0.05, 0) is 32.9 Å². The second-order valence-corrected chi connectivity index (χ2v) is 6.33. The first-order valence-corrected chi connectivity index (χ1v) is 7.78. The average Bonchev–Trinajstić information content (AvgIpc) is 2.74.